The van der Waals surface area contributed by atoms with Gasteiger partial charge >= 0.3 is 0 Å². The molecule has 0 bridgehead atoms. The van der Waals surface area contributed by atoms with Gasteiger partial charge < -0.3 is 5.73 Å². The van der Waals surface area contributed by atoms with Crippen molar-refractivity contribution in [2.24, 2.45) is 10.2 Å². The van der Waals surface area contributed by atoms with E-state index in [1.165, 1.54) is 5.56 Å². The fourth-order valence-electron chi connectivity index (χ4n) is 2.88. The van der Waals surface area contributed by atoms with Crippen molar-refractivity contribution in [3.8, 4) is 0 Å². The van der Waals surface area contributed by atoms with Crippen LogP contribution >= 0.6 is 0 Å². The van der Waals surface area contributed by atoms with Crippen LogP contribution in [0.15, 0.2) is 88.8 Å². The van der Waals surface area contributed by atoms with Gasteiger partial charge in [0.15, 0.2) is 0 Å². The Morgan fingerprint density at radius 3 is 2.25 bits per heavy atom. The maximum absolute atomic E-state index is 5.82. The minimum Gasteiger partial charge on any atom is -0.399 e. The summed E-state index contributed by atoms with van der Waals surface area (Å²) in [5.41, 5.74) is 9.37. The number of hydrogen-bond donors (Lipinski definition) is 1. The molecule has 2 N–H and O–H groups in total. The van der Waals surface area contributed by atoms with E-state index < -0.39 is 0 Å². The molecule has 0 aromatic heterocycles. The largest absolute Gasteiger partial charge is 0.399 e. The Bertz CT molecular complexity index is 773. The average Bonchev–Trinajstić information content (AvgIpc) is 2.62. The van der Waals surface area contributed by atoms with Gasteiger partial charge in [-0.05, 0) is 56.4 Å². The molecule has 0 spiro atoms. The van der Waals surface area contributed by atoms with Gasteiger partial charge in [-0.2, -0.15) is 10.2 Å². The first-order valence-electron chi connectivity index (χ1n) is 8.00. The van der Waals surface area contributed by atoms with Gasteiger partial charge in [0.25, 0.3) is 0 Å². The third kappa shape index (κ3) is 3.29. The summed E-state index contributed by atoms with van der Waals surface area (Å²) in [5, 5.41) is 8.63. The normalized spacial score (nSPS) is 20.5. The van der Waals surface area contributed by atoms with Gasteiger partial charge in [0, 0.05) is 5.69 Å². The number of allylic oxidation sites excluding steroid dienone is 1. The molecule has 2 aromatic rings. The second-order valence-electron chi connectivity index (χ2n) is 6.14. The molecule has 0 heterocycles. The standard InChI is InChI=1S/C20H22N4/c1-24(2)20(16-8-10-17(21)11-9-16)14-12-19(13-15-20)23-22-18-6-4-3-5-7-18/h3-14H,15,21H2,1-2H3. The lowest BCUT2D eigenvalue weighted by Crippen LogP contribution is -2.40. The van der Waals surface area contributed by atoms with Crippen LogP contribution in [0.3, 0.4) is 0 Å². The zero-order valence-corrected chi connectivity index (χ0v) is 14.1. The van der Waals surface area contributed by atoms with E-state index in [4.69, 9.17) is 5.73 Å². The predicted octanol–water partition coefficient (Wildman–Crippen LogP) is 4.65. The van der Waals surface area contributed by atoms with Gasteiger partial charge in [-0.15, -0.1) is 0 Å². The summed E-state index contributed by atoms with van der Waals surface area (Å²) in [6.07, 6.45) is 7.19. The van der Waals surface area contributed by atoms with Crippen molar-refractivity contribution in [3.05, 3.63) is 84.1 Å². The zero-order valence-electron chi connectivity index (χ0n) is 14.1. The lowest BCUT2D eigenvalue weighted by atomic mass is 9.82. The second-order valence-corrected chi connectivity index (χ2v) is 6.14. The molecule has 0 saturated carbocycles. The van der Waals surface area contributed by atoms with Crippen molar-refractivity contribution in [2.45, 2.75) is 12.0 Å². The van der Waals surface area contributed by atoms with E-state index in [2.05, 4.69) is 53.5 Å². The quantitative estimate of drug-likeness (QED) is 0.659. The van der Waals surface area contributed by atoms with Gasteiger partial charge in [0.05, 0.1) is 16.9 Å². The molecule has 0 amide bonds. The van der Waals surface area contributed by atoms with Crippen LogP contribution in [0.4, 0.5) is 11.4 Å². The smallest absolute Gasteiger partial charge is 0.0857 e. The van der Waals surface area contributed by atoms with Gasteiger partial charge in [0.2, 0.25) is 0 Å². The number of rotatable bonds is 4. The van der Waals surface area contributed by atoms with Crippen LogP contribution < -0.4 is 5.73 Å². The van der Waals surface area contributed by atoms with Crippen LogP contribution in [0, 0.1) is 0 Å². The molecule has 24 heavy (non-hydrogen) atoms. The van der Waals surface area contributed by atoms with E-state index in [1.54, 1.807) is 0 Å². The molecule has 0 radical (unpaired) electrons. The predicted molar refractivity (Wildman–Crippen MR) is 99.0 cm³/mol. The Labute approximate surface area is 143 Å². The van der Waals surface area contributed by atoms with Crippen molar-refractivity contribution in [1.29, 1.82) is 0 Å². The van der Waals surface area contributed by atoms with Gasteiger partial charge in [-0.1, -0.05) is 42.5 Å². The first kappa shape index (κ1) is 16.1. The van der Waals surface area contributed by atoms with Crippen LogP contribution in [0.25, 0.3) is 0 Å². The number of benzene rings is 2. The zero-order chi connectivity index (χ0) is 17.0. The van der Waals surface area contributed by atoms with E-state index in [0.717, 1.165) is 23.5 Å². The molecule has 3 rings (SSSR count). The summed E-state index contributed by atoms with van der Waals surface area (Å²) >= 11 is 0. The third-order valence-electron chi connectivity index (χ3n) is 4.40. The molecule has 4 heteroatoms. The minimum absolute atomic E-state index is 0.181. The molecule has 0 fully saturated rings. The van der Waals surface area contributed by atoms with Crippen LogP contribution in [-0.4, -0.2) is 19.0 Å². The van der Waals surface area contributed by atoms with Crippen LogP contribution in [0.5, 0.6) is 0 Å². The fourth-order valence-corrected chi connectivity index (χ4v) is 2.88. The number of hydrogen-bond acceptors (Lipinski definition) is 4. The van der Waals surface area contributed by atoms with E-state index in [-0.39, 0.29) is 5.54 Å². The van der Waals surface area contributed by atoms with Gasteiger partial charge in [-0.25, -0.2) is 0 Å². The average molecular weight is 318 g/mol. The highest BCUT2D eigenvalue weighted by molar-refractivity contribution is 5.45. The third-order valence-corrected chi connectivity index (χ3v) is 4.40. The number of nitrogens with two attached hydrogens (primary N) is 1. The molecule has 0 aliphatic heterocycles. The topological polar surface area (TPSA) is 54.0 Å². The molecule has 122 valence electrons. The molecule has 1 unspecified atom stereocenters. The van der Waals surface area contributed by atoms with E-state index in [0.29, 0.717) is 0 Å². The number of nitrogens with zero attached hydrogens (tertiary/aromatic N) is 3. The van der Waals surface area contributed by atoms with Crippen molar-refractivity contribution in [1.82, 2.24) is 4.90 Å². The highest BCUT2D eigenvalue weighted by atomic mass is 15.1. The Hall–Kier alpha value is -2.72. The summed E-state index contributed by atoms with van der Waals surface area (Å²) < 4.78 is 0. The van der Waals surface area contributed by atoms with E-state index in [1.807, 2.05) is 48.5 Å². The first-order valence-corrected chi connectivity index (χ1v) is 8.00. The Balaban J connectivity index is 1.82. The first-order chi connectivity index (χ1) is 11.6. The maximum Gasteiger partial charge on any atom is 0.0857 e. The Morgan fingerprint density at radius 2 is 1.67 bits per heavy atom. The highest BCUT2D eigenvalue weighted by Gasteiger charge is 2.32. The monoisotopic (exact) mass is 318 g/mol. The number of likely N-dealkylation sites (N-methyl/N-ethyl adjacent to an activating group) is 1. The minimum atomic E-state index is -0.181. The number of azo groups is 1. The molecular formula is C20H22N4. The molecule has 1 aliphatic rings. The maximum atomic E-state index is 5.82. The van der Waals surface area contributed by atoms with Crippen LogP contribution in [0.2, 0.25) is 0 Å². The van der Waals surface area contributed by atoms with Gasteiger partial charge in [-0.3, -0.25) is 4.90 Å². The van der Waals surface area contributed by atoms with Gasteiger partial charge in [0.1, 0.15) is 0 Å². The molecule has 0 saturated heterocycles. The molecule has 4 nitrogen and oxygen atoms in total. The highest BCUT2D eigenvalue weighted by Crippen LogP contribution is 2.36. The Kier molecular flexibility index (Phi) is 4.58. The second kappa shape index (κ2) is 6.81. The van der Waals surface area contributed by atoms with Crippen LogP contribution in [0.1, 0.15) is 12.0 Å². The number of anilines is 1. The van der Waals surface area contributed by atoms with Crippen molar-refractivity contribution in [3.63, 3.8) is 0 Å². The summed E-state index contributed by atoms with van der Waals surface area (Å²) in [6.45, 7) is 0. The van der Waals surface area contributed by atoms with Crippen molar-refractivity contribution < 1.29 is 0 Å². The molecule has 1 aliphatic carbocycles. The van der Waals surface area contributed by atoms with Crippen molar-refractivity contribution in [2.75, 3.05) is 19.8 Å². The van der Waals surface area contributed by atoms with E-state index >= 15 is 0 Å². The molecule has 2 aromatic carbocycles. The van der Waals surface area contributed by atoms with Crippen LogP contribution in [-0.2, 0) is 5.54 Å². The lowest BCUT2D eigenvalue weighted by molar-refractivity contribution is 0.209. The molecule has 1 atom stereocenters. The SMILES string of the molecule is CN(C)C1(c2ccc(N)cc2)C=CC(N=Nc2ccccc2)=CC1. The summed E-state index contributed by atoms with van der Waals surface area (Å²) in [4.78, 5) is 2.22. The summed E-state index contributed by atoms with van der Waals surface area (Å²) in [7, 11) is 4.18. The summed E-state index contributed by atoms with van der Waals surface area (Å²) in [5.74, 6) is 0. The lowest BCUT2D eigenvalue weighted by Gasteiger charge is -2.39. The summed E-state index contributed by atoms with van der Waals surface area (Å²) in [6, 6.07) is 17.8. The fraction of sp³-hybridized carbons (Fsp3) is 0.200. The number of nitrogen functional groups attached to an aromatic ring is 1. The Morgan fingerprint density at radius 1 is 0.958 bits per heavy atom. The van der Waals surface area contributed by atoms with E-state index in [9.17, 15) is 0 Å². The molecular weight excluding hydrogens is 296 g/mol. The van der Waals surface area contributed by atoms with Crippen molar-refractivity contribution >= 4 is 11.4 Å².